The number of nitro benzene ring substituents is 1. The molecular weight excluding hydrogens is 1830 g/mol. The van der Waals surface area contributed by atoms with Crippen LogP contribution in [-0.4, -0.2) is 218 Å². The molecule has 18 heterocycles. The molecule has 0 spiro atoms. The summed E-state index contributed by atoms with van der Waals surface area (Å²) in [5.41, 5.74) is 3.16. The Hall–Kier alpha value is -7.52. The van der Waals surface area contributed by atoms with Gasteiger partial charge < -0.3 is 59.9 Å². The first-order valence-electron chi connectivity index (χ1n) is 36.3. The number of hydrogen-bond acceptors (Lipinski definition) is 37. The van der Waals surface area contributed by atoms with Gasteiger partial charge in [-0.05, 0) is 72.8 Å². The molecule has 660 valence electrons. The summed E-state index contributed by atoms with van der Waals surface area (Å²) in [5, 5.41) is 24.5. The number of benzene rings is 2. The van der Waals surface area contributed by atoms with Crippen LogP contribution in [0.25, 0.3) is 44.7 Å². The number of phosphoric ester groups is 1. The number of nitrogens with one attached hydrogen (secondary N) is 1. The minimum atomic E-state index is -5.06. The van der Waals surface area contributed by atoms with Crippen molar-refractivity contribution in [2.45, 2.75) is 136 Å². The van der Waals surface area contributed by atoms with E-state index in [1.807, 2.05) is 24.3 Å². The number of anilines is 2. The molecule has 0 radical (unpaired) electrons. The van der Waals surface area contributed by atoms with Crippen molar-refractivity contribution in [1.29, 1.82) is 5.26 Å². The number of aryl methyl sites for hydroxylation is 2. The number of hydrogen-bond donors (Lipinski definition) is 5. The van der Waals surface area contributed by atoms with Crippen molar-refractivity contribution in [3.05, 3.63) is 162 Å². The molecule has 0 aliphatic carbocycles. The highest BCUT2D eigenvalue weighted by Crippen LogP contribution is 2.66. The number of amides is 1. The number of fused-ring (bicyclic) bond motifs is 20. The first-order chi connectivity index (χ1) is 57.0. The predicted octanol–water partition coefficient (Wildman–Crippen LogP) is 10.1. The predicted molar refractivity (Wildman–Crippen MR) is 451 cm³/mol. The van der Waals surface area contributed by atoms with Gasteiger partial charge in [0.15, 0.2) is 94.9 Å². The number of carbonyl (C=O) groups excluding carboxylic acids is 1. The van der Waals surface area contributed by atoms with E-state index in [2.05, 4.69) is 65.1 Å². The van der Waals surface area contributed by atoms with E-state index in [9.17, 15) is 34.5 Å². The average Bonchev–Trinajstić information content (AvgIpc) is 1.62. The van der Waals surface area contributed by atoms with E-state index in [0.29, 0.717) is 82.9 Å². The van der Waals surface area contributed by atoms with Crippen LogP contribution in [0, 0.1) is 21.4 Å². The Labute approximate surface area is 729 Å². The summed E-state index contributed by atoms with van der Waals surface area (Å²) in [6.45, 7) is -15.9. The first-order valence-corrected chi connectivity index (χ1v) is 46.1. The molecule has 2 aromatic carbocycles. The maximum Gasteiger partial charge on any atom is 0.472 e. The summed E-state index contributed by atoms with van der Waals surface area (Å²) in [5.74, 6) is -0.260. The molecule has 56 heteroatoms. The van der Waals surface area contributed by atoms with E-state index in [4.69, 9.17) is 83.3 Å². The van der Waals surface area contributed by atoms with Gasteiger partial charge in [0, 0.05) is 36.0 Å². The monoisotopic (exact) mass is 1900 g/mol. The zero-order valence-electron chi connectivity index (χ0n) is 63.7. The fraction of sp³-hybridized carbons (Fsp3) is 0.433. The molecular formula is C67H78F4N22O20P4S6. The molecule has 10 aliphatic rings. The summed E-state index contributed by atoms with van der Waals surface area (Å²) >= 11 is 11.6. The lowest BCUT2D eigenvalue weighted by atomic mass is 10.1. The second-order valence-electron chi connectivity index (χ2n) is 27.3. The van der Waals surface area contributed by atoms with Crippen LogP contribution < -0.4 is 22.5 Å². The molecule has 10 aliphatic heterocycles. The summed E-state index contributed by atoms with van der Waals surface area (Å²) in [7, 11) is -5.06. The Morgan fingerprint density at radius 3 is 1.63 bits per heavy atom. The maximum atomic E-state index is 17.5. The Morgan fingerprint density at radius 2 is 1.06 bits per heavy atom. The molecule has 9 N–H and O–H groups in total. The van der Waals surface area contributed by atoms with Gasteiger partial charge in [0.2, 0.25) is 0 Å². The van der Waals surface area contributed by atoms with Gasteiger partial charge in [0.25, 0.3) is 11.6 Å². The molecule has 6 saturated heterocycles. The van der Waals surface area contributed by atoms with Gasteiger partial charge in [-0.15, -0.1) is 0 Å². The van der Waals surface area contributed by atoms with Gasteiger partial charge >= 0.3 is 28.1 Å². The molecule has 42 nitrogen and oxygen atoms in total. The summed E-state index contributed by atoms with van der Waals surface area (Å²) in [6.07, 6.45) is -7.70. The number of carbonyl (C=O) groups is 1. The van der Waals surface area contributed by atoms with Gasteiger partial charge in [-0.1, -0.05) is 60.7 Å². The number of nitriles is 1. The Balaban J connectivity index is 0.000000229. The van der Waals surface area contributed by atoms with Crippen LogP contribution in [0.3, 0.4) is 0 Å². The smallest absolute Gasteiger partial charge is 0.365 e. The highest BCUT2D eigenvalue weighted by atomic mass is 32.7. The Morgan fingerprint density at radius 1 is 0.585 bits per heavy atom. The number of ether oxygens (including phenoxy) is 4. The first kappa shape index (κ1) is 94.6. The van der Waals surface area contributed by atoms with E-state index in [1.54, 1.807) is 42.5 Å². The number of aromatic nitrogens is 16. The van der Waals surface area contributed by atoms with E-state index < -0.39 is 164 Å². The quantitative estimate of drug-likeness (QED) is 0.0236. The highest BCUT2D eigenvalue weighted by Gasteiger charge is 2.58. The van der Waals surface area contributed by atoms with Crippen molar-refractivity contribution < 1.29 is 106 Å². The maximum absolute atomic E-state index is 17.5. The third kappa shape index (κ3) is 19.5. The SMILES string of the molecule is N.N.N#CCCO[P@]1(=S)OC[C@H]2O[C@@H]3[C@H](F)[C@@H]2O[P@@](=O)(SCc2ccccc2[N+](=O)[O-])OC[C@H]2OC([C@H](F)[C@@H]2O1)n1cnc2c(ncnc21)N(C(=O)c1ccccc1)C/C=C/CCc1ncnc2c1ncn23.O=P1(O)OC[C@H]2OC3[C@H](F)[C@@H]2OP(O)(=S)OC[C@H]2O[C@H]([C@H](F)[C@@H]2O1)n1cnc2c(ncnc21)CC/C=C/CNc1ncnc2c1ncn23.S.S.S. The zero-order valence-corrected chi connectivity index (χ0v) is 72.8. The molecule has 10 aromatic rings. The molecule has 1 amide bonds. The number of para-hydroxylation sites is 1. The van der Waals surface area contributed by atoms with Crippen LogP contribution in [0.5, 0.6) is 0 Å². The normalized spacial score (nSPS) is 31.8. The second kappa shape index (κ2) is 39.8. The van der Waals surface area contributed by atoms with Crippen molar-refractivity contribution >= 4 is 171 Å². The zero-order chi connectivity index (χ0) is 81.8. The van der Waals surface area contributed by atoms with Crippen molar-refractivity contribution in [3.8, 4) is 6.07 Å². The van der Waals surface area contributed by atoms with Crippen LogP contribution in [0.2, 0.25) is 0 Å². The van der Waals surface area contributed by atoms with Crippen LogP contribution in [0.4, 0.5) is 34.9 Å². The van der Waals surface area contributed by atoms with E-state index >= 15 is 22.1 Å². The summed E-state index contributed by atoms with van der Waals surface area (Å²) in [4.78, 5) is 101. The molecule has 4 unspecified atom stereocenters. The number of rotatable bonds is 8. The van der Waals surface area contributed by atoms with Crippen molar-refractivity contribution in [2.75, 3.05) is 56.3 Å². The number of nitro groups is 1. The lowest BCUT2D eigenvalue weighted by molar-refractivity contribution is -0.385. The molecule has 0 saturated carbocycles. The van der Waals surface area contributed by atoms with E-state index in [0.717, 1.165) is 0 Å². The minimum absolute atomic E-state index is 0. The minimum Gasteiger partial charge on any atom is -0.365 e. The van der Waals surface area contributed by atoms with Crippen molar-refractivity contribution in [2.24, 2.45) is 0 Å². The van der Waals surface area contributed by atoms with Gasteiger partial charge in [0.05, 0.1) is 87.1 Å². The third-order valence-electron chi connectivity index (χ3n) is 20.0. The molecule has 123 heavy (non-hydrogen) atoms. The second-order valence-corrected chi connectivity index (χ2v) is 38.5. The van der Waals surface area contributed by atoms with Crippen LogP contribution >= 0.6 is 79.9 Å². The van der Waals surface area contributed by atoms with Crippen molar-refractivity contribution in [3.63, 3.8) is 0 Å². The number of nitrogens with zero attached hydrogens (tertiary/aromatic N) is 19. The summed E-state index contributed by atoms with van der Waals surface area (Å²) < 4.78 is 177. The van der Waals surface area contributed by atoms with Gasteiger partial charge in [-0.3, -0.25) is 65.2 Å². The summed E-state index contributed by atoms with van der Waals surface area (Å²) in [6, 6.07) is 16.2. The lowest BCUT2D eigenvalue weighted by Crippen LogP contribution is -2.37. The number of alkyl halides is 4. The lowest BCUT2D eigenvalue weighted by Gasteiger charge is -2.31. The molecule has 28 bridgehead atoms. The van der Waals surface area contributed by atoms with Gasteiger partial charge in [0.1, 0.15) is 85.2 Å². The highest BCUT2D eigenvalue weighted by molar-refractivity contribution is 8.54. The largest absolute Gasteiger partial charge is 0.472 e. The van der Waals surface area contributed by atoms with Crippen LogP contribution in [-0.2, 0) is 111 Å². The topological polar surface area (TPSA) is 538 Å². The van der Waals surface area contributed by atoms with Crippen LogP contribution in [0.15, 0.2) is 130 Å². The third-order valence-corrected chi connectivity index (χ3v) is 28.5. The van der Waals surface area contributed by atoms with E-state index in [1.165, 1.54) is 92.0 Å². The van der Waals surface area contributed by atoms with Gasteiger partial charge in [-0.25, -0.2) is 86.5 Å². The fourth-order valence-corrected chi connectivity index (χ4v) is 22.3. The molecule has 20 atom stereocenters. The fourth-order valence-electron chi connectivity index (χ4n) is 14.4. The Kier molecular flexibility index (Phi) is 30.6. The number of phosphoric acid groups is 1. The number of imidazole rings is 4. The number of allylic oxidation sites excluding steroid dienone is 2. The Bertz CT molecular complexity index is 5660. The average molecular weight is 1900 g/mol. The van der Waals surface area contributed by atoms with Crippen molar-refractivity contribution in [1.82, 2.24) is 90.4 Å². The molecule has 20 rings (SSSR count). The standard InChI is InChI=1S/C42H39F2N11O11P2S2.C25H27F2N9O9P2S.2H3N.3H2S/c43-31-35-30-19-62-68(69,60-17-9-15-45)66-36-29(18-61-67(59,65-35)70-20-26-12-6-7-14-28(26)55(57)58)63-42(32(36)44)54-24-51-34-38(48-22-49-39(34)54)52(40(56)25-10-3-1-4-11-25)16-8-2-5-13-27-33-37(47-21-46-27)53(23-50-33)41(31)64-30;26-15-19-14-7-41-47(39,48)45-20-13(6-40-46(37,38)44-19)42-25(16(20)27)36-11-34-18-21(30-9-32-23(18)36)28-5-3-1-2-4-12-17-22(31-8-29-12)35(10-33-17)24(15)43-14;;;;;/h1-4,6-8,10-12,14,21-24,29-32,35-36,41-42H,5,9,13,16-20H2;1,3,8-11,13-16,19-20,24-25H,2,4-7H2,(H,37,38)(H,39,48)(H,28,30,32);2*1H3;3*1H2/b8-2+;3-1+;;;;;/t29-,30-,31-,32-,35-,36-,41-,42?,67+,68+;13-,14-,15-,16-,19-,20-,24-,25?,47?;;;;;/m11...../s1. The molecule has 8 aromatic heterocycles. The molecule has 6 fully saturated rings. The van der Waals surface area contributed by atoms with E-state index in [-0.39, 0.29) is 123 Å². The van der Waals surface area contributed by atoms with Gasteiger partial charge in [-0.2, -0.15) is 45.7 Å². The van der Waals surface area contributed by atoms with Crippen LogP contribution in [0.1, 0.15) is 71.5 Å². The number of halogens is 4.